The summed E-state index contributed by atoms with van der Waals surface area (Å²) in [6.45, 7) is 4.34. The van der Waals surface area contributed by atoms with E-state index in [-0.39, 0.29) is 6.61 Å². The highest BCUT2D eigenvalue weighted by Crippen LogP contribution is 2.24. The summed E-state index contributed by atoms with van der Waals surface area (Å²) in [7, 11) is 0. The van der Waals surface area contributed by atoms with Crippen molar-refractivity contribution in [3.8, 4) is 0 Å². The van der Waals surface area contributed by atoms with Crippen molar-refractivity contribution >= 4 is 17.3 Å². The molecule has 0 aliphatic carbocycles. The summed E-state index contributed by atoms with van der Waals surface area (Å²) in [5.74, 6) is 0. The van der Waals surface area contributed by atoms with E-state index < -0.39 is 0 Å². The molecule has 0 unspecified atom stereocenters. The molecule has 0 aliphatic rings. The van der Waals surface area contributed by atoms with Gasteiger partial charge < -0.3 is 15.7 Å². The molecule has 1 aromatic carbocycles. The van der Waals surface area contributed by atoms with Crippen molar-refractivity contribution in [2.45, 2.75) is 26.3 Å². The third-order valence-electron chi connectivity index (χ3n) is 2.75. The molecule has 0 spiro atoms. The lowest BCUT2D eigenvalue weighted by Gasteiger charge is -2.26. The van der Waals surface area contributed by atoms with Gasteiger partial charge in [-0.25, -0.2) is 0 Å². The molecule has 96 valence electrons. The number of nitrogens with two attached hydrogens (primary N) is 1. The van der Waals surface area contributed by atoms with Gasteiger partial charge in [0, 0.05) is 30.3 Å². The summed E-state index contributed by atoms with van der Waals surface area (Å²) < 4.78 is 0. The van der Waals surface area contributed by atoms with Crippen molar-refractivity contribution in [2.75, 3.05) is 24.6 Å². The molecule has 1 rings (SSSR count). The van der Waals surface area contributed by atoms with Gasteiger partial charge in [0.2, 0.25) is 0 Å². The molecule has 0 saturated heterocycles. The fourth-order valence-corrected chi connectivity index (χ4v) is 2.04. The zero-order valence-corrected chi connectivity index (χ0v) is 11.1. The lowest BCUT2D eigenvalue weighted by atomic mass is 10.1. The Labute approximate surface area is 108 Å². The van der Waals surface area contributed by atoms with E-state index in [4.69, 9.17) is 22.4 Å². The molecule has 0 aliphatic heterocycles. The fraction of sp³-hybridized carbons (Fsp3) is 0.538. The van der Waals surface area contributed by atoms with Crippen molar-refractivity contribution in [3.63, 3.8) is 0 Å². The topological polar surface area (TPSA) is 49.5 Å². The number of nitrogens with zero attached hydrogens (tertiary/aromatic N) is 1. The van der Waals surface area contributed by atoms with Gasteiger partial charge in [-0.05, 0) is 30.2 Å². The van der Waals surface area contributed by atoms with Crippen LogP contribution in [0.15, 0.2) is 18.2 Å². The summed E-state index contributed by atoms with van der Waals surface area (Å²) in [4.78, 5) is 2.17. The number of rotatable bonds is 7. The average molecular weight is 257 g/mol. The molecule has 3 N–H and O–H groups in total. The molecular weight excluding hydrogens is 236 g/mol. The van der Waals surface area contributed by atoms with Crippen molar-refractivity contribution in [3.05, 3.63) is 28.8 Å². The first kappa shape index (κ1) is 14.3. The predicted molar refractivity (Wildman–Crippen MR) is 73.6 cm³/mol. The highest BCUT2D eigenvalue weighted by molar-refractivity contribution is 6.30. The molecule has 1 aromatic rings. The number of hydrogen-bond acceptors (Lipinski definition) is 3. The van der Waals surface area contributed by atoms with Crippen LogP contribution < -0.4 is 10.6 Å². The van der Waals surface area contributed by atoms with Crippen LogP contribution in [0, 0.1) is 0 Å². The fourth-order valence-electron chi connectivity index (χ4n) is 1.85. The highest BCUT2D eigenvalue weighted by atomic mass is 35.5. The zero-order chi connectivity index (χ0) is 12.7. The summed E-state index contributed by atoms with van der Waals surface area (Å²) in [5.41, 5.74) is 7.85. The number of aliphatic hydroxyl groups excluding tert-OH is 1. The first-order valence-corrected chi connectivity index (χ1v) is 6.45. The summed E-state index contributed by atoms with van der Waals surface area (Å²) in [6, 6.07) is 5.75. The Morgan fingerprint density at radius 3 is 2.71 bits per heavy atom. The summed E-state index contributed by atoms with van der Waals surface area (Å²) >= 11 is 5.96. The molecule has 0 radical (unpaired) electrons. The maximum absolute atomic E-state index is 9.12. The Morgan fingerprint density at radius 2 is 2.12 bits per heavy atom. The predicted octanol–water partition coefficient (Wildman–Crippen LogP) is 2.40. The van der Waals surface area contributed by atoms with Crippen LogP contribution in [0.3, 0.4) is 0 Å². The van der Waals surface area contributed by atoms with Gasteiger partial charge in [-0.15, -0.1) is 0 Å². The third-order valence-corrected chi connectivity index (χ3v) is 2.99. The van der Waals surface area contributed by atoms with Crippen LogP contribution in [-0.4, -0.2) is 24.8 Å². The standard InChI is InChI=1S/C13H21ClN2O/c1-2-3-6-16(7-8-17)13-5-4-12(14)9-11(13)10-15/h4-5,9,17H,2-3,6-8,10,15H2,1H3. The van der Waals surface area contributed by atoms with Crippen LogP contribution in [0.5, 0.6) is 0 Å². The van der Waals surface area contributed by atoms with E-state index >= 15 is 0 Å². The Balaban J connectivity index is 2.91. The van der Waals surface area contributed by atoms with Crippen molar-refractivity contribution < 1.29 is 5.11 Å². The Kier molecular flexibility index (Phi) is 6.34. The van der Waals surface area contributed by atoms with Crippen molar-refractivity contribution in [1.82, 2.24) is 0 Å². The SMILES string of the molecule is CCCCN(CCO)c1ccc(Cl)cc1CN. The molecule has 0 atom stereocenters. The second-order valence-electron chi connectivity index (χ2n) is 4.04. The zero-order valence-electron chi connectivity index (χ0n) is 10.3. The molecule has 0 saturated carbocycles. The molecule has 3 nitrogen and oxygen atoms in total. The average Bonchev–Trinajstić information content (AvgIpc) is 2.34. The monoisotopic (exact) mass is 256 g/mol. The lowest BCUT2D eigenvalue weighted by Crippen LogP contribution is -2.29. The van der Waals surface area contributed by atoms with Crippen molar-refractivity contribution in [2.24, 2.45) is 5.73 Å². The second-order valence-corrected chi connectivity index (χ2v) is 4.48. The number of unbranched alkanes of at least 4 members (excludes halogenated alkanes) is 1. The van der Waals surface area contributed by atoms with Gasteiger partial charge in [-0.2, -0.15) is 0 Å². The Hall–Kier alpha value is -0.770. The van der Waals surface area contributed by atoms with Crippen molar-refractivity contribution in [1.29, 1.82) is 0 Å². The van der Waals surface area contributed by atoms with E-state index in [0.29, 0.717) is 18.1 Å². The maximum atomic E-state index is 9.12. The summed E-state index contributed by atoms with van der Waals surface area (Å²) in [6.07, 6.45) is 2.24. The van der Waals surface area contributed by atoms with E-state index in [1.807, 2.05) is 18.2 Å². The number of hydrogen-bond donors (Lipinski definition) is 2. The molecule has 0 fully saturated rings. The maximum Gasteiger partial charge on any atom is 0.0606 e. The summed E-state index contributed by atoms with van der Waals surface area (Å²) in [5, 5.41) is 9.82. The molecular formula is C13H21ClN2O. The Morgan fingerprint density at radius 1 is 1.35 bits per heavy atom. The molecule has 17 heavy (non-hydrogen) atoms. The van der Waals surface area contributed by atoms with Crippen LogP contribution in [0.4, 0.5) is 5.69 Å². The van der Waals surface area contributed by atoms with Crippen LogP contribution >= 0.6 is 11.6 Å². The largest absolute Gasteiger partial charge is 0.395 e. The third kappa shape index (κ3) is 4.19. The van der Waals surface area contributed by atoms with Crippen LogP contribution in [0.1, 0.15) is 25.3 Å². The minimum atomic E-state index is 0.149. The van der Waals surface area contributed by atoms with Crippen LogP contribution in [0.25, 0.3) is 0 Å². The van der Waals surface area contributed by atoms with E-state index in [2.05, 4.69) is 11.8 Å². The van der Waals surface area contributed by atoms with E-state index in [1.165, 1.54) is 0 Å². The quantitative estimate of drug-likeness (QED) is 0.788. The number of anilines is 1. The van der Waals surface area contributed by atoms with Crippen LogP contribution in [-0.2, 0) is 6.54 Å². The number of benzene rings is 1. The van der Waals surface area contributed by atoms with Gasteiger partial charge in [0.05, 0.1) is 6.61 Å². The van der Waals surface area contributed by atoms with Gasteiger partial charge in [0.1, 0.15) is 0 Å². The van der Waals surface area contributed by atoms with Gasteiger partial charge in [0.15, 0.2) is 0 Å². The molecule has 0 aromatic heterocycles. The number of aliphatic hydroxyl groups is 1. The van der Waals surface area contributed by atoms with Gasteiger partial charge in [-0.3, -0.25) is 0 Å². The van der Waals surface area contributed by atoms with Crippen LogP contribution in [0.2, 0.25) is 5.02 Å². The smallest absolute Gasteiger partial charge is 0.0606 e. The molecule has 4 heteroatoms. The van der Waals surface area contributed by atoms with E-state index in [1.54, 1.807) is 0 Å². The van der Waals surface area contributed by atoms with Gasteiger partial charge in [0.25, 0.3) is 0 Å². The molecule has 0 amide bonds. The van der Waals surface area contributed by atoms with Gasteiger partial charge >= 0.3 is 0 Å². The normalized spacial score (nSPS) is 10.6. The van der Waals surface area contributed by atoms with E-state index in [0.717, 1.165) is 30.6 Å². The second kappa shape index (κ2) is 7.54. The first-order chi connectivity index (χ1) is 8.22. The number of halogens is 1. The van der Waals surface area contributed by atoms with Gasteiger partial charge in [-0.1, -0.05) is 24.9 Å². The minimum absolute atomic E-state index is 0.149. The molecule has 0 bridgehead atoms. The van der Waals surface area contributed by atoms with E-state index in [9.17, 15) is 0 Å². The lowest BCUT2D eigenvalue weighted by molar-refractivity contribution is 0.301. The Bertz CT molecular complexity index is 344. The highest BCUT2D eigenvalue weighted by Gasteiger charge is 2.10. The first-order valence-electron chi connectivity index (χ1n) is 6.07. The minimum Gasteiger partial charge on any atom is -0.395 e. The molecule has 0 heterocycles.